The Labute approximate surface area is 120 Å². The number of halogens is 1. The second kappa shape index (κ2) is 7.70. The number of carbonyl (C=O) groups excluding carboxylic acids is 1. The normalized spacial score (nSPS) is 20.2. The number of amides is 1. The molecule has 19 heavy (non-hydrogen) atoms. The van der Waals surface area contributed by atoms with E-state index in [0.717, 1.165) is 25.7 Å². The molecule has 0 spiro atoms. The lowest BCUT2D eigenvalue weighted by Crippen LogP contribution is -2.47. The Balaban J connectivity index is 0.00000324. The molecule has 5 nitrogen and oxygen atoms in total. The molecule has 0 radical (unpaired) electrons. The maximum Gasteiger partial charge on any atom is 0.303 e. The zero-order valence-corrected chi connectivity index (χ0v) is 12.5. The van der Waals surface area contributed by atoms with E-state index in [1.807, 2.05) is 0 Å². The van der Waals surface area contributed by atoms with E-state index in [0.29, 0.717) is 5.41 Å². The van der Waals surface area contributed by atoms with Crippen molar-refractivity contribution in [3.05, 3.63) is 0 Å². The molecule has 1 amide bonds. The standard InChI is InChI=1S/C13H24N2O3.ClH/c1-13(2)7-5-9(6-8-13)15-12(18)10(14)3-4-11(16)17;/h9-10H,3-8,14H2,1-2H3,(H,15,18)(H,16,17);1H/t10-;/m0./s1. The molecule has 1 aliphatic carbocycles. The molecule has 1 aliphatic rings. The second-order valence-electron chi connectivity index (χ2n) is 5.99. The van der Waals surface area contributed by atoms with Gasteiger partial charge in [0.05, 0.1) is 6.04 Å². The number of hydrogen-bond acceptors (Lipinski definition) is 3. The fraction of sp³-hybridized carbons (Fsp3) is 0.846. The smallest absolute Gasteiger partial charge is 0.303 e. The van der Waals surface area contributed by atoms with Gasteiger partial charge >= 0.3 is 5.97 Å². The predicted octanol–water partition coefficient (Wildman–Crippen LogP) is 1.69. The first-order chi connectivity index (χ1) is 8.30. The quantitative estimate of drug-likeness (QED) is 0.719. The van der Waals surface area contributed by atoms with Crippen LogP contribution >= 0.6 is 12.4 Å². The van der Waals surface area contributed by atoms with E-state index < -0.39 is 12.0 Å². The number of carboxylic acids is 1. The molecule has 0 unspecified atom stereocenters. The van der Waals surface area contributed by atoms with Crippen molar-refractivity contribution >= 4 is 24.3 Å². The Hall–Kier alpha value is -0.810. The maximum absolute atomic E-state index is 11.8. The Morgan fingerprint density at radius 1 is 1.37 bits per heavy atom. The summed E-state index contributed by atoms with van der Waals surface area (Å²) in [6.07, 6.45) is 4.28. The van der Waals surface area contributed by atoms with E-state index >= 15 is 0 Å². The van der Waals surface area contributed by atoms with Crippen LogP contribution < -0.4 is 11.1 Å². The van der Waals surface area contributed by atoms with Crippen LogP contribution in [0.25, 0.3) is 0 Å². The molecular weight excluding hydrogens is 268 g/mol. The van der Waals surface area contributed by atoms with Gasteiger partial charge < -0.3 is 16.2 Å². The van der Waals surface area contributed by atoms with Gasteiger partial charge in [0.15, 0.2) is 0 Å². The molecule has 1 rings (SSSR count). The Bertz CT molecular complexity index is 311. The third-order valence-electron chi connectivity index (χ3n) is 3.69. The van der Waals surface area contributed by atoms with Crippen LogP contribution in [0.4, 0.5) is 0 Å². The first kappa shape index (κ1) is 18.2. The second-order valence-corrected chi connectivity index (χ2v) is 5.99. The summed E-state index contributed by atoms with van der Waals surface area (Å²) in [6.45, 7) is 4.48. The van der Waals surface area contributed by atoms with Gasteiger partial charge in [-0.3, -0.25) is 9.59 Å². The van der Waals surface area contributed by atoms with Crippen LogP contribution in [0, 0.1) is 5.41 Å². The van der Waals surface area contributed by atoms with Gasteiger partial charge in [0.2, 0.25) is 5.91 Å². The maximum atomic E-state index is 11.8. The predicted molar refractivity (Wildman–Crippen MR) is 76.3 cm³/mol. The van der Waals surface area contributed by atoms with Gasteiger partial charge in [-0.15, -0.1) is 12.4 Å². The summed E-state index contributed by atoms with van der Waals surface area (Å²) in [7, 11) is 0. The molecule has 1 atom stereocenters. The molecule has 0 bridgehead atoms. The van der Waals surface area contributed by atoms with Crippen molar-refractivity contribution in [2.24, 2.45) is 11.1 Å². The van der Waals surface area contributed by atoms with Crippen molar-refractivity contribution in [1.82, 2.24) is 5.32 Å². The molecule has 0 aromatic rings. The molecule has 6 heteroatoms. The SMILES string of the molecule is CC1(C)CCC(NC(=O)[C@@H](N)CCC(=O)O)CC1.Cl. The van der Waals surface area contributed by atoms with Gasteiger partial charge in [0.25, 0.3) is 0 Å². The van der Waals surface area contributed by atoms with E-state index in [-0.39, 0.29) is 37.2 Å². The molecule has 112 valence electrons. The van der Waals surface area contributed by atoms with Crippen LogP contribution in [0.5, 0.6) is 0 Å². The van der Waals surface area contributed by atoms with Crippen molar-refractivity contribution in [2.45, 2.75) is 64.5 Å². The fourth-order valence-corrected chi connectivity index (χ4v) is 2.26. The number of carbonyl (C=O) groups is 2. The molecule has 0 aromatic heterocycles. The third-order valence-corrected chi connectivity index (χ3v) is 3.69. The highest BCUT2D eigenvalue weighted by Gasteiger charge is 2.28. The van der Waals surface area contributed by atoms with Crippen LogP contribution in [0.2, 0.25) is 0 Å². The lowest BCUT2D eigenvalue weighted by molar-refractivity contribution is -0.137. The molecule has 1 saturated carbocycles. The van der Waals surface area contributed by atoms with Crippen molar-refractivity contribution in [2.75, 3.05) is 0 Å². The zero-order valence-electron chi connectivity index (χ0n) is 11.6. The number of nitrogens with one attached hydrogen (secondary N) is 1. The van der Waals surface area contributed by atoms with Crippen molar-refractivity contribution in [3.63, 3.8) is 0 Å². The minimum absolute atomic E-state index is 0. The number of hydrogen-bond donors (Lipinski definition) is 3. The van der Waals surface area contributed by atoms with Crippen LogP contribution in [0.15, 0.2) is 0 Å². The van der Waals surface area contributed by atoms with Crippen LogP contribution in [-0.2, 0) is 9.59 Å². The summed E-state index contributed by atoms with van der Waals surface area (Å²) in [6, 6.07) is -0.516. The lowest BCUT2D eigenvalue weighted by atomic mass is 9.75. The van der Waals surface area contributed by atoms with E-state index in [1.54, 1.807) is 0 Å². The summed E-state index contributed by atoms with van der Waals surface area (Å²) < 4.78 is 0. The van der Waals surface area contributed by atoms with Gasteiger partial charge in [-0.1, -0.05) is 13.8 Å². The number of rotatable bonds is 5. The van der Waals surface area contributed by atoms with E-state index in [1.165, 1.54) is 0 Å². The van der Waals surface area contributed by atoms with E-state index in [4.69, 9.17) is 10.8 Å². The van der Waals surface area contributed by atoms with Crippen molar-refractivity contribution in [3.8, 4) is 0 Å². The number of nitrogens with two attached hydrogens (primary N) is 1. The van der Waals surface area contributed by atoms with Crippen molar-refractivity contribution in [1.29, 1.82) is 0 Å². The Morgan fingerprint density at radius 3 is 2.37 bits per heavy atom. The highest BCUT2D eigenvalue weighted by atomic mass is 35.5. The minimum Gasteiger partial charge on any atom is -0.481 e. The largest absolute Gasteiger partial charge is 0.481 e. The topological polar surface area (TPSA) is 92.4 Å². The fourth-order valence-electron chi connectivity index (χ4n) is 2.26. The summed E-state index contributed by atoms with van der Waals surface area (Å²) in [5.74, 6) is -1.14. The first-order valence-corrected chi connectivity index (χ1v) is 6.58. The van der Waals surface area contributed by atoms with Crippen LogP contribution in [-0.4, -0.2) is 29.1 Å². The minimum atomic E-state index is -0.919. The van der Waals surface area contributed by atoms with Gasteiger partial charge in [0.1, 0.15) is 0 Å². The third kappa shape index (κ3) is 6.78. The summed E-state index contributed by atoms with van der Waals surface area (Å²) in [5, 5.41) is 11.5. The molecule has 4 N–H and O–H groups in total. The summed E-state index contributed by atoms with van der Waals surface area (Å²) in [4.78, 5) is 22.2. The van der Waals surface area contributed by atoms with Gasteiger partial charge in [-0.25, -0.2) is 0 Å². The monoisotopic (exact) mass is 292 g/mol. The molecule has 0 saturated heterocycles. The van der Waals surface area contributed by atoms with E-state index in [2.05, 4.69) is 19.2 Å². The average Bonchev–Trinajstić information content (AvgIpc) is 2.28. The zero-order chi connectivity index (χ0) is 13.8. The summed E-state index contributed by atoms with van der Waals surface area (Å²) >= 11 is 0. The highest BCUT2D eigenvalue weighted by Crippen LogP contribution is 2.34. The van der Waals surface area contributed by atoms with Gasteiger partial charge in [-0.2, -0.15) is 0 Å². The van der Waals surface area contributed by atoms with Crippen LogP contribution in [0.1, 0.15) is 52.4 Å². The summed E-state index contributed by atoms with van der Waals surface area (Å²) in [5.41, 5.74) is 6.03. The van der Waals surface area contributed by atoms with Gasteiger partial charge in [0, 0.05) is 12.5 Å². The molecule has 1 fully saturated rings. The van der Waals surface area contributed by atoms with Crippen molar-refractivity contribution < 1.29 is 14.7 Å². The highest BCUT2D eigenvalue weighted by molar-refractivity contribution is 5.85. The first-order valence-electron chi connectivity index (χ1n) is 6.58. The Morgan fingerprint density at radius 2 is 1.89 bits per heavy atom. The number of carboxylic acid groups (broad SMARTS) is 1. The molecule has 0 heterocycles. The molecular formula is C13H25ClN2O3. The number of aliphatic carboxylic acids is 1. The molecule has 0 aromatic carbocycles. The lowest BCUT2D eigenvalue weighted by Gasteiger charge is -2.35. The van der Waals surface area contributed by atoms with Gasteiger partial charge in [-0.05, 0) is 37.5 Å². The Kier molecular flexibility index (Phi) is 7.37. The average molecular weight is 293 g/mol. The molecule has 0 aliphatic heterocycles. The van der Waals surface area contributed by atoms with Crippen LogP contribution in [0.3, 0.4) is 0 Å². The van der Waals surface area contributed by atoms with E-state index in [9.17, 15) is 9.59 Å².